The third-order valence-corrected chi connectivity index (χ3v) is 1.44. The summed E-state index contributed by atoms with van der Waals surface area (Å²) in [6.45, 7) is 3.04. The van der Waals surface area contributed by atoms with Gasteiger partial charge in [-0.25, -0.2) is 0 Å². The van der Waals surface area contributed by atoms with Crippen molar-refractivity contribution in [3.63, 3.8) is 0 Å². The Kier molecular flexibility index (Phi) is 5.20. The van der Waals surface area contributed by atoms with Crippen molar-refractivity contribution in [1.82, 2.24) is 0 Å². The van der Waals surface area contributed by atoms with E-state index in [0.29, 0.717) is 6.42 Å². The molecule has 0 fully saturated rings. The SMILES string of the molecule is C=CC[C@H](CO)[C@@H](O)CO. The van der Waals surface area contributed by atoms with Crippen LogP contribution < -0.4 is 0 Å². The standard InChI is InChI=1S/C7H14O3/c1-2-3-6(4-8)7(10)5-9/h2,6-10H,1,3-5H2/t6-,7+/m1/s1. The summed E-state index contributed by atoms with van der Waals surface area (Å²) in [6.07, 6.45) is 1.31. The molecule has 0 heterocycles. The summed E-state index contributed by atoms with van der Waals surface area (Å²) in [6, 6.07) is 0. The Hall–Kier alpha value is -0.380. The predicted molar refractivity (Wildman–Crippen MR) is 38.5 cm³/mol. The molecule has 0 unspecified atom stereocenters. The average Bonchev–Trinajstić information content (AvgIpc) is 1.99. The minimum absolute atomic E-state index is 0.117. The van der Waals surface area contributed by atoms with Crippen molar-refractivity contribution >= 4 is 0 Å². The lowest BCUT2D eigenvalue weighted by atomic mass is 10.0. The number of hydrogen-bond donors (Lipinski definition) is 3. The second-order valence-corrected chi connectivity index (χ2v) is 2.22. The maximum Gasteiger partial charge on any atom is 0.0823 e. The van der Waals surface area contributed by atoms with Gasteiger partial charge >= 0.3 is 0 Å². The third kappa shape index (κ3) is 2.96. The lowest BCUT2D eigenvalue weighted by molar-refractivity contribution is 0.0239. The Morgan fingerprint density at radius 2 is 1.90 bits per heavy atom. The fourth-order valence-corrected chi connectivity index (χ4v) is 0.716. The molecular weight excluding hydrogens is 132 g/mol. The van der Waals surface area contributed by atoms with E-state index in [2.05, 4.69) is 6.58 Å². The van der Waals surface area contributed by atoms with E-state index >= 15 is 0 Å². The Balaban J connectivity index is 3.67. The highest BCUT2D eigenvalue weighted by molar-refractivity contribution is 4.77. The first-order valence-corrected chi connectivity index (χ1v) is 3.27. The van der Waals surface area contributed by atoms with Crippen molar-refractivity contribution in [1.29, 1.82) is 0 Å². The Labute approximate surface area is 60.6 Å². The minimum atomic E-state index is -0.831. The molecule has 0 aromatic carbocycles. The van der Waals surface area contributed by atoms with E-state index in [1.165, 1.54) is 0 Å². The fourth-order valence-electron chi connectivity index (χ4n) is 0.716. The highest BCUT2D eigenvalue weighted by Gasteiger charge is 2.14. The van der Waals surface area contributed by atoms with Gasteiger partial charge in [-0.2, -0.15) is 0 Å². The normalized spacial score (nSPS) is 16.3. The van der Waals surface area contributed by atoms with Crippen LogP contribution in [0, 0.1) is 5.92 Å². The van der Waals surface area contributed by atoms with Crippen LogP contribution in [-0.4, -0.2) is 34.6 Å². The highest BCUT2D eigenvalue weighted by atomic mass is 16.3. The molecule has 60 valence electrons. The van der Waals surface area contributed by atoms with Gasteiger partial charge in [-0.05, 0) is 6.42 Å². The maximum atomic E-state index is 8.99. The monoisotopic (exact) mass is 146 g/mol. The molecule has 0 aromatic rings. The van der Waals surface area contributed by atoms with Crippen LogP contribution in [0.4, 0.5) is 0 Å². The zero-order valence-electron chi connectivity index (χ0n) is 5.90. The van der Waals surface area contributed by atoms with Crippen LogP contribution in [0.3, 0.4) is 0 Å². The molecule has 0 rings (SSSR count). The van der Waals surface area contributed by atoms with Crippen molar-refractivity contribution in [2.24, 2.45) is 5.92 Å². The van der Waals surface area contributed by atoms with Crippen LogP contribution in [0.1, 0.15) is 6.42 Å². The van der Waals surface area contributed by atoms with Crippen molar-refractivity contribution < 1.29 is 15.3 Å². The second-order valence-electron chi connectivity index (χ2n) is 2.22. The molecule has 10 heavy (non-hydrogen) atoms. The molecule has 0 saturated heterocycles. The topological polar surface area (TPSA) is 60.7 Å². The van der Waals surface area contributed by atoms with Crippen molar-refractivity contribution in [2.75, 3.05) is 13.2 Å². The molecule has 0 aliphatic carbocycles. The predicted octanol–water partition coefficient (Wildman–Crippen LogP) is -0.476. The molecule has 0 aromatic heterocycles. The van der Waals surface area contributed by atoms with Gasteiger partial charge in [0.25, 0.3) is 0 Å². The van der Waals surface area contributed by atoms with E-state index in [0.717, 1.165) is 0 Å². The lowest BCUT2D eigenvalue weighted by Crippen LogP contribution is -2.26. The van der Waals surface area contributed by atoms with Crippen LogP contribution in [0.5, 0.6) is 0 Å². The summed E-state index contributed by atoms with van der Waals surface area (Å²) in [7, 11) is 0. The zero-order chi connectivity index (χ0) is 7.98. The van der Waals surface area contributed by atoms with Gasteiger partial charge in [0.15, 0.2) is 0 Å². The summed E-state index contributed by atoms with van der Waals surface area (Å²) in [5.74, 6) is -0.275. The van der Waals surface area contributed by atoms with Gasteiger partial charge in [0.2, 0.25) is 0 Å². The smallest absolute Gasteiger partial charge is 0.0823 e. The molecule has 0 radical (unpaired) electrons. The number of aliphatic hydroxyl groups is 3. The molecular formula is C7H14O3. The molecule has 0 amide bonds. The Morgan fingerprint density at radius 1 is 1.30 bits per heavy atom. The van der Waals surface area contributed by atoms with Crippen LogP contribution >= 0.6 is 0 Å². The number of hydrogen-bond acceptors (Lipinski definition) is 3. The van der Waals surface area contributed by atoms with Crippen molar-refractivity contribution in [2.45, 2.75) is 12.5 Å². The zero-order valence-corrected chi connectivity index (χ0v) is 5.90. The number of allylic oxidation sites excluding steroid dienone is 1. The first-order chi connectivity index (χ1) is 4.76. The van der Waals surface area contributed by atoms with E-state index in [9.17, 15) is 0 Å². The fraction of sp³-hybridized carbons (Fsp3) is 0.714. The summed E-state index contributed by atoms with van der Waals surface area (Å²) in [4.78, 5) is 0. The Bertz CT molecular complexity index is 92.9. The molecule has 0 spiro atoms. The summed E-state index contributed by atoms with van der Waals surface area (Å²) in [5.41, 5.74) is 0. The van der Waals surface area contributed by atoms with E-state index in [1.807, 2.05) is 0 Å². The van der Waals surface area contributed by atoms with Gasteiger partial charge in [-0.15, -0.1) is 6.58 Å². The van der Waals surface area contributed by atoms with Gasteiger partial charge < -0.3 is 15.3 Å². The molecule has 0 bridgehead atoms. The van der Waals surface area contributed by atoms with Gasteiger partial charge in [0.05, 0.1) is 12.7 Å². The maximum absolute atomic E-state index is 8.99. The average molecular weight is 146 g/mol. The van der Waals surface area contributed by atoms with Crippen LogP contribution in [0.2, 0.25) is 0 Å². The van der Waals surface area contributed by atoms with Crippen molar-refractivity contribution in [3.05, 3.63) is 12.7 Å². The molecule has 0 aliphatic rings. The van der Waals surface area contributed by atoms with Crippen LogP contribution in [0.25, 0.3) is 0 Å². The summed E-state index contributed by atoms with van der Waals surface area (Å²) < 4.78 is 0. The molecule has 3 nitrogen and oxygen atoms in total. The van der Waals surface area contributed by atoms with Gasteiger partial charge in [-0.3, -0.25) is 0 Å². The van der Waals surface area contributed by atoms with Crippen molar-refractivity contribution in [3.8, 4) is 0 Å². The second kappa shape index (κ2) is 5.41. The number of rotatable bonds is 5. The highest BCUT2D eigenvalue weighted by Crippen LogP contribution is 2.07. The van der Waals surface area contributed by atoms with Gasteiger partial charge in [-0.1, -0.05) is 6.08 Å². The largest absolute Gasteiger partial charge is 0.396 e. The first-order valence-electron chi connectivity index (χ1n) is 3.27. The Morgan fingerprint density at radius 3 is 2.20 bits per heavy atom. The van der Waals surface area contributed by atoms with E-state index in [-0.39, 0.29) is 19.1 Å². The third-order valence-electron chi connectivity index (χ3n) is 1.44. The van der Waals surface area contributed by atoms with E-state index in [1.54, 1.807) is 6.08 Å². The molecule has 0 saturated carbocycles. The molecule has 0 aliphatic heterocycles. The molecule has 3 heteroatoms. The summed E-state index contributed by atoms with van der Waals surface area (Å²) in [5, 5.41) is 26.1. The number of aliphatic hydroxyl groups excluding tert-OH is 3. The quantitative estimate of drug-likeness (QED) is 0.459. The molecule has 3 N–H and O–H groups in total. The van der Waals surface area contributed by atoms with Crippen LogP contribution in [0.15, 0.2) is 12.7 Å². The van der Waals surface area contributed by atoms with Crippen LogP contribution in [-0.2, 0) is 0 Å². The summed E-state index contributed by atoms with van der Waals surface area (Å²) >= 11 is 0. The van der Waals surface area contributed by atoms with Gasteiger partial charge in [0, 0.05) is 12.5 Å². The minimum Gasteiger partial charge on any atom is -0.396 e. The molecule has 2 atom stereocenters. The first kappa shape index (κ1) is 9.62. The van der Waals surface area contributed by atoms with E-state index in [4.69, 9.17) is 15.3 Å². The van der Waals surface area contributed by atoms with Gasteiger partial charge in [0.1, 0.15) is 0 Å². The van der Waals surface area contributed by atoms with E-state index < -0.39 is 6.10 Å². The lowest BCUT2D eigenvalue weighted by Gasteiger charge is -2.16.